The van der Waals surface area contributed by atoms with E-state index in [0.29, 0.717) is 16.9 Å². The highest BCUT2D eigenvalue weighted by Crippen LogP contribution is 2.33. The maximum atomic E-state index is 14.3. The van der Waals surface area contributed by atoms with Gasteiger partial charge in [0.2, 0.25) is 0 Å². The van der Waals surface area contributed by atoms with Gasteiger partial charge in [0.15, 0.2) is 0 Å². The van der Waals surface area contributed by atoms with Crippen LogP contribution in [-0.2, 0) is 6.54 Å². The molecule has 4 rings (SSSR count). The Balaban J connectivity index is 1.95. The highest BCUT2D eigenvalue weighted by molar-refractivity contribution is 5.79. The van der Waals surface area contributed by atoms with Crippen LogP contribution in [0.3, 0.4) is 0 Å². The number of alkyl halides is 2. The van der Waals surface area contributed by atoms with E-state index in [1.54, 1.807) is 28.9 Å². The Bertz CT molecular complexity index is 1130. The number of pyridine rings is 1. The van der Waals surface area contributed by atoms with E-state index < -0.39 is 24.6 Å². The largest absolute Gasteiger partial charge is 0.324 e. The molecule has 4 aromatic rings. The van der Waals surface area contributed by atoms with Crippen molar-refractivity contribution in [1.29, 1.82) is 0 Å². The summed E-state index contributed by atoms with van der Waals surface area (Å²) in [7, 11) is 0. The van der Waals surface area contributed by atoms with Crippen molar-refractivity contribution in [1.82, 2.24) is 18.9 Å². The van der Waals surface area contributed by atoms with E-state index in [1.165, 1.54) is 17.0 Å². The number of fused-ring (bicyclic) bond motifs is 1. The maximum Gasteiger partial charge on any atom is 0.256 e. The van der Waals surface area contributed by atoms with E-state index >= 15 is 0 Å². The van der Waals surface area contributed by atoms with Gasteiger partial charge in [0.1, 0.15) is 17.3 Å². The minimum absolute atomic E-state index is 0.0434. The fourth-order valence-electron chi connectivity index (χ4n) is 3.09. The Kier molecular flexibility index (Phi) is 4.18. The maximum absolute atomic E-state index is 14.3. The average molecular weight is 374 g/mol. The number of halogens is 4. The van der Waals surface area contributed by atoms with Crippen LogP contribution in [0.5, 0.6) is 0 Å². The zero-order chi connectivity index (χ0) is 19.1. The first-order valence-electron chi connectivity index (χ1n) is 8.17. The predicted molar refractivity (Wildman–Crippen MR) is 92.5 cm³/mol. The molecule has 0 spiro atoms. The van der Waals surface area contributed by atoms with Crippen molar-refractivity contribution >= 4 is 5.65 Å². The van der Waals surface area contributed by atoms with Gasteiger partial charge in [-0.25, -0.2) is 27.5 Å². The first-order valence-corrected chi connectivity index (χ1v) is 8.17. The second kappa shape index (κ2) is 6.53. The molecular formula is C19H14F4N4. The van der Waals surface area contributed by atoms with Crippen molar-refractivity contribution in [2.45, 2.75) is 19.9 Å². The van der Waals surface area contributed by atoms with Crippen molar-refractivity contribution in [3.05, 3.63) is 66.4 Å². The van der Waals surface area contributed by atoms with Gasteiger partial charge in [-0.15, -0.1) is 0 Å². The van der Waals surface area contributed by atoms with Crippen molar-refractivity contribution < 1.29 is 17.6 Å². The molecule has 0 radical (unpaired) electrons. The Labute approximate surface area is 151 Å². The molecule has 138 valence electrons. The molecule has 0 bridgehead atoms. The van der Waals surface area contributed by atoms with Crippen LogP contribution in [0.25, 0.3) is 28.2 Å². The summed E-state index contributed by atoms with van der Waals surface area (Å²) in [6.45, 7) is 1.27. The molecule has 0 aliphatic heterocycles. The number of benzene rings is 1. The minimum atomic E-state index is -2.61. The molecule has 0 amide bonds. The lowest BCUT2D eigenvalue weighted by molar-refractivity contribution is 0.127. The lowest BCUT2D eigenvalue weighted by Crippen LogP contribution is -2.07. The van der Waals surface area contributed by atoms with Gasteiger partial charge in [-0.1, -0.05) is 0 Å². The highest BCUT2D eigenvalue weighted by Gasteiger charge is 2.20. The molecule has 0 fully saturated rings. The lowest BCUT2D eigenvalue weighted by Gasteiger charge is -2.11. The van der Waals surface area contributed by atoms with E-state index in [1.807, 2.05) is 6.92 Å². The fourth-order valence-corrected chi connectivity index (χ4v) is 3.09. The molecule has 0 saturated carbocycles. The number of hydrogen-bond acceptors (Lipinski definition) is 2. The summed E-state index contributed by atoms with van der Waals surface area (Å²) >= 11 is 0. The van der Waals surface area contributed by atoms with Crippen molar-refractivity contribution in [2.24, 2.45) is 0 Å². The molecule has 27 heavy (non-hydrogen) atoms. The van der Waals surface area contributed by atoms with Gasteiger partial charge in [-0.3, -0.25) is 0 Å². The average Bonchev–Trinajstić information content (AvgIpc) is 3.18. The van der Waals surface area contributed by atoms with E-state index in [0.717, 1.165) is 17.8 Å². The van der Waals surface area contributed by atoms with E-state index in [2.05, 4.69) is 9.97 Å². The number of hydrogen-bond donors (Lipinski definition) is 0. The van der Waals surface area contributed by atoms with Gasteiger partial charge in [0.25, 0.3) is 6.43 Å². The Morgan fingerprint density at radius 3 is 2.63 bits per heavy atom. The van der Waals surface area contributed by atoms with Crippen LogP contribution in [-0.4, -0.2) is 25.4 Å². The lowest BCUT2D eigenvalue weighted by atomic mass is 10.1. The number of nitrogens with zero attached hydrogens (tertiary/aromatic N) is 4. The van der Waals surface area contributed by atoms with Crippen molar-refractivity contribution in [3.8, 4) is 22.5 Å². The van der Waals surface area contributed by atoms with Gasteiger partial charge < -0.3 is 8.97 Å². The molecule has 0 atom stereocenters. The Morgan fingerprint density at radius 1 is 1.07 bits per heavy atom. The van der Waals surface area contributed by atoms with Crippen LogP contribution in [0.1, 0.15) is 5.69 Å². The summed E-state index contributed by atoms with van der Waals surface area (Å²) in [6.07, 6.45) is 2.06. The smallest absolute Gasteiger partial charge is 0.256 e. The van der Waals surface area contributed by atoms with Crippen LogP contribution >= 0.6 is 0 Å². The zero-order valence-electron chi connectivity index (χ0n) is 14.2. The fraction of sp³-hybridized carbons (Fsp3) is 0.158. The van der Waals surface area contributed by atoms with Crippen LogP contribution in [0.4, 0.5) is 17.6 Å². The third kappa shape index (κ3) is 3.07. The molecule has 0 aliphatic carbocycles. The molecular weight excluding hydrogens is 360 g/mol. The van der Waals surface area contributed by atoms with Gasteiger partial charge in [-0.2, -0.15) is 0 Å². The molecule has 4 nitrogen and oxygen atoms in total. The van der Waals surface area contributed by atoms with Gasteiger partial charge in [0.05, 0.1) is 24.3 Å². The van der Waals surface area contributed by atoms with Gasteiger partial charge in [-0.05, 0) is 31.2 Å². The first-order chi connectivity index (χ1) is 12.9. The topological polar surface area (TPSA) is 35.1 Å². The molecule has 0 aliphatic rings. The van der Waals surface area contributed by atoms with Crippen LogP contribution < -0.4 is 0 Å². The van der Waals surface area contributed by atoms with Crippen molar-refractivity contribution in [2.75, 3.05) is 0 Å². The quantitative estimate of drug-likeness (QED) is 0.485. The standard InChI is InChI=1S/C19H14F4N4/c1-11-7-24-17-5-2-12(8-27(11)17)19-18(25-10-26(19)9-16(22)23)14-4-3-13(20)6-15(14)21/h2-8,10,16H,9H2,1H3. The number of imidazole rings is 2. The third-order valence-electron chi connectivity index (χ3n) is 4.32. The second-order valence-electron chi connectivity index (χ2n) is 6.15. The number of aromatic nitrogens is 4. The van der Waals surface area contributed by atoms with Crippen LogP contribution in [0, 0.1) is 18.6 Å². The minimum Gasteiger partial charge on any atom is -0.324 e. The predicted octanol–water partition coefficient (Wildman–Crippen LogP) is 4.72. The second-order valence-corrected chi connectivity index (χ2v) is 6.15. The normalized spacial score (nSPS) is 11.6. The van der Waals surface area contributed by atoms with Gasteiger partial charge in [0, 0.05) is 35.3 Å². The molecule has 8 heteroatoms. The van der Waals surface area contributed by atoms with E-state index in [4.69, 9.17) is 0 Å². The zero-order valence-corrected chi connectivity index (χ0v) is 14.2. The molecule has 1 aromatic carbocycles. The number of rotatable bonds is 4. The Hall–Kier alpha value is -3.16. The number of aryl methyl sites for hydroxylation is 1. The third-order valence-corrected chi connectivity index (χ3v) is 4.32. The van der Waals surface area contributed by atoms with Crippen LogP contribution in [0.15, 0.2) is 49.1 Å². The van der Waals surface area contributed by atoms with Crippen molar-refractivity contribution in [3.63, 3.8) is 0 Å². The molecule has 3 aromatic heterocycles. The summed E-state index contributed by atoms with van der Waals surface area (Å²) in [5.41, 5.74) is 2.68. The van der Waals surface area contributed by atoms with E-state index in [-0.39, 0.29) is 11.3 Å². The molecule has 0 saturated heterocycles. The summed E-state index contributed by atoms with van der Waals surface area (Å²) in [6, 6.07) is 6.56. The molecule has 3 heterocycles. The molecule has 0 N–H and O–H groups in total. The van der Waals surface area contributed by atoms with Gasteiger partial charge >= 0.3 is 0 Å². The van der Waals surface area contributed by atoms with E-state index in [9.17, 15) is 17.6 Å². The van der Waals surface area contributed by atoms with Crippen LogP contribution in [0.2, 0.25) is 0 Å². The summed E-state index contributed by atoms with van der Waals surface area (Å²) in [4.78, 5) is 8.37. The molecule has 0 unspecified atom stereocenters. The Morgan fingerprint density at radius 2 is 1.89 bits per heavy atom. The monoisotopic (exact) mass is 374 g/mol. The SMILES string of the molecule is Cc1cnc2ccc(-c3c(-c4ccc(F)cc4F)ncn3CC(F)F)cn12. The summed E-state index contributed by atoms with van der Waals surface area (Å²) in [5, 5.41) is 0. The highest BCUT2D eigenvalue weighted by atomic mass is 19.3. The summed E-state index contributed by atoms with van der Waals surface area (Å²) < 4.78 is 56.8. The first kappa shape index (κ1) is 17.3. The summed E-state index contributed by atoms with van der Waals surface area (Å²) in [5.74, 6) is -1.53.